The Hall–Kier alpha value is -1.95. The maximum atomic E-state index is 13.1. The molecule has 0 fully saturated rings. The number of rotatable bonds is 3. The lowest BCUT2D eigenvalue weighted by molar-refractivity contribution is 0.146. The van der Waals surface area contributed by atoms with Crippen molar-refractivity contribution in [2.45, 2.75) is 13.0 Å². The summed E-state index contributed by atoms with van der Waals surface area (Å²) in [5.74, 6) is -0.958. The molecule has 94 valence electrons. The Kier molecular flexibility index (Phi) is 3.57. The van der Waals surface area contributed by atoms with E-state index in [0.717, 1.165) is 12.1 Å². The second-order valence-electron chi connectivity index (χ2n) is 3.59. The average molecular weight is 254 g/mol. The molecule has 0 aliphatic heterocycles. The van der Waals surface area contributed by atoms with E-state index in [-0.39, 0.29) is 6.61 Å². The van der Waals surface area contributed by atoms with E-state index in [1.54, 1.807) is 0 Å². The molecule has 3 nitrogen and oxygen atoms in total. The van der Waals surface area contributed by atoms with Crippen LogP contribution in [-0.4, -0.2) is 15.1 Å². The lowest BCUT2D eigenvalue weighted by atomic mass is 10.1. The van der Waals surface area contributed by atoms with Gasteiger partial charge in [0.2, 0.25) is 0 Å². The molecule has 1 heterocycles. The highest BCUT2D eigenvalue weighted by Gasteiger charge is 2.14. The fourth-order valence-electron chi connectivity index (χ4n) is 1.49. The van der Waals surface area contributed by atoms with E-state index in [2.05, 4.69) is 9.97 Å². The van der Waals surface area contributed by atoms with E-state index in [9.17, 15) is 13.2 Å². The molecule has 0 saturated carbocycles. The highest BCUT2D eigenvalue weighted by atomic mass is 19.3. The standard InChI is InChI=1S/C12H9F3N2O/c13-10-2-1-7(3-9(10)12(14)15)11-5-16-4-8(6-18)17-11/h1-5,12,18H,6H2. The summed E-state index contributed by atoms with van der Waals surface area (Å²) in [6.45, 7) is -0.302. The van der Waals surface area contributed by atoms with Crippen molar-refractivity contribution in [2.24, 2.45) is 0 Å². The van der Waals surface area contributed by atoms with Crippen molar-refractivity contribution in [3.8, 4) is 11.3 Å². The maximum Gasteiger partial charge on any atom is 0.266 e. The van der Waals surface area contributed by atoms with Gasteiger partial charge in [0, 0.05) is 5.56 Å². The van der Waals surface area contributed by atoms with Crippen LogP contribution in [0.4, 0.5) is 13.2 Å². The van der Waals surface area contributed by atoms with Gasteiger partial charge in [-0.2, -0.15) is 0 Å². The molecule has 0 atom stereocenters. The van der Waals surface area contributed by atoms with Crippen LogP contribution >= 0.6 is 0 Å². The van der Waals surface area contributed by atoms with E-state index in [0.29, 0.717) is 17.0 Å². The third-order valence-electron chi connectivity index (χ3n) is 2.37. The Labute approximate surface area is 101 Å². The average Bonchev–Trinajstić information content (AvgIpc) is 2.39. The van der Waals surface area contributed by atoms with Crippen LogP contribution in [0.3, 0.4) is 0 Å². The smallest absolute Gasteiger partial charge is 0.266 e. The highest BCUT2D eigenvalue weighted by molar-refractivity contribution is 5.59. The monoisotopic (exact) mass is 254 g/mol. The first-order valence-electron chi connectivity index (χ1n) is 5.11. The second-order valence-corrected chi connectivity index (χ2v) is 3.59. The molecule has 18 heavy (non-hydrogen) atoms. The summed E-state index contributed by atoms with van der Waals surface area (Å²) >= 11 is 0. The summed E-state index contributed by atoms with van der Waals surface area (Å²) in [5, 5.41) is 8.91. The van der Waals surface area contributed by atoms with Gasteiger partial charge in [-0.25, -0.2) is 18.2 Å². The molecule has 1 N–H and O–H groups in total. The van der Waals surface area contributed by atoms with E-state index < -0.39 is 17.8 Å². The van der Waals surface area contributed by atoms with Crippen molar-refractivity contribution in [1.82, 2.24) is 9.97 Å². The fraction of sp³-hybridized carbons (Fsp3) is 0.167. The van der Waals surface area contributed by atoms with E-state index in [1.165, 1.54) is 18.5 Å². The molecule has 1 aromatic carbocycles. The predicted molar refractivity (Wildman–Crippen MR) is 58.3 cm³/mol. The van der Waals surface area contributed by atoms with Crippen LogP contribution in [0.15, 0.2) is 30.6 Å². The molecular weight excluding hydrogens is 245 g/mol. The molecule has 0 saturated heterocycles. The Morgan fingerprint density at radius 1 is 1.22 bits per heavy atom. The van der Waals surface area contributed by atoms with Gasteiger partial charge in [-0.1, -0.05) is 0 Å². The van der Waals surface area contributed by atoms with Crippen molar-refractivity contribution < 1.29 is 18.3 Å². The molecule has 0 bridgehead atoms. The molecule has 6 heteroatoms. The van der Waals surface area contributed by atoms with Crippen LogP contribution in [0.5, 0.6) is 0 Å². The van der Waals surface area contributed by atoms with Crippen molar-refractivity contribution >= 4 is 0 Å². The van der Waals surface area contributed by atoms with Crippen molar-refractivity contribution in [3.05, 3.63) is 47.7 Å². The summed E-state index contributed by atoms with van der Waals surface area (Å²) in [4.78, 5) is 7.84. The van der Waals surface area contributed by atoms with Gasteiger partial charge in [0.25, 0.3) is 6.43 Å². The number of nitrogens with zero attached hydrogens (tertiary/aromatic N) is 2. The Balaban J connectivity index is 2.47. The molecule has 2 rings (SSSR count). The lowest BCUT2D eigenvalue weighted by Gasteiger charge is -2.06. The number of hydrogen-bond acceptors (Lipinski definition) is 3. The number of alkyl halides is 2. The molecule has 0 amide bonds. The van der Waals surface area contributed by atoms with Gasteiger partial charge < -0.3 is 5.11 Å². The summed E-state index contributed by atoms with van der Waals surface area (Å²) in [6, 6.07) is 3.33. The Morgan fingerprint density at radius 2 is 2.00 bits per heavy atom. The van der Waals surface area contributed by atoms with Gasteiger partial charge in [-0.15, -0.1) is 0 Å². The molecule has 2 aromatic rings. The third-order valence-corrected chi connectivity index (χ3v) is 2.37. The SMILES string of the molecule is OCc1cncc(-c2ccc(F)c(C(F)F)c2)n1. The van der Waals surface area contributed by atoms with Gasteiger partial charge in [-0.05, 0) is 18.2 Å². The zero-order chi connectivity index (χ0) is 13.1. The van der Waals surface area contributed by atoms with Crippen LogP contribution in [-0.2, 0) is 6.61 Å². The van der Waals surface area contributed by atoms with E-state index in [4.69, 9.17) is 5.11 Å². The van der Waals surface area contributed by atoms with Crippen LogP contribution in [0.1, 0.15) is 17.7 Å². The largest absolute Gasteiger partial charge is 0.390 e. The van der Waals surface area contributed by atoms with Crippen LogP contribution in [0, 0.1) is 5.82 Å². The Morgan fingerprint density at radius 3 is 2.67 bits per heavy atom. The normalized spacial score (nSPS) is 10.9. The number of benzene rings is 1. The van der Waals surface area contributed by atoms with E-state index >= 15 is 0 Å². The summed E-state index contributed by atoms with van der Waals surface area (Å²) in [6.07, 6.45) is -0.165. The maximum absolute atomic E-state index is 13.1. The predicted octanol–water partition coefficient (Wildman–Crippen LogP) is 2.71. The molecular formula is C12H9F3N2O. The second kappa shape index (κ2) is 5.14. The number of aliphatic hydroxyl groups is 1. The molecule has 0 aliphatic carbocycles. The topological polar surface area (TPSA) is 46.0 Å². The first-order valence-corrected chi connectivity index (χ1v) is 5.11. The Bertz CT molecular complexity index is 561. The molecule has 0 aliphatic rings. The first-order chi connectivity index (χ1) is 8.61. The lowest BCUT2D eigenvalue weighted by Crippen LogP contribution is -1.96. The quantitative estimate of drug-likeness (QED) is 0.916. The van der Waals surface area contributed by atoms with Crippen LogP contribution in [0.2, 0.25) is 0 Å². The van der Waals surface area contributed by atoms with Crippen LogP contribution < -0.4 is 0 Å². The van der Waals surface area contributed by atoms with Crippen molar-refractivity contribution in [1.29, 1.82) is 0 Å². The summed E-state index contributed by atoms with van der Waals surface area (Å²) < 4.78 is 38.2. The first kappa shape index (κ1) is 12.5. The molecule has 0 spiro atoms. The molecule has 0 radical (unpaired) electrons. The van der Waals surface area contributed by atoms with Crippen LogP contribution in [0.25, 0.3) is 11.3 Å². The van der Waals surface area contributed by atoms with E-state index in [1.807, 2.05) is 0 Å². The third kappa shape index (κ3) is 2.48. The minimum absolute atomic E-state index is 0.302. The summed E-state index contributed by atoms with van der Waals surface area (Å²) in [7, 11) is 0. The number of aliphatic hydroxyl groups excluding tert-OH is 1. The minimum atomic E-state index is -2.89. The van der Waals surface area contributed by atoms with Crippen molar-refractivity contribution in [3.63, 3.8) is 0 Å². The number of aromatic nitrogens is 2. The zero-order valence-electron chi connectivity index (χ0n) is 9.15. The minimum Gasteiger partial charge on any atom is -0.390 e. The van der Waals surface area contributed by atoms with Gasteiger partial charge in [-0.3, -0.25) is 4.98 Å². The van der Waals surface area contributed by atoms with Gasteiger partial charge >= 0.3 is 0 Å². The number of hydrogen-bond donors (Lipinski definition) is 1. The molecule has 0 unspecified atom stereocenters. The number of halogens is 3. The highest BCUT2D eigenvalue weighted by Crippen LogP contribution is 2.27. The zero-order valence-corrected chi connectivity index (χ0v) is 9.15. The summed E-state index contributed by atoms with van der Waals surface area (Å²) in [5.41, 5.74) is 0.275. The molecule has 1 aromatic heterocycles. The van der Waals surface area contributed by atoms with Crippen molar-refractivity contribution in [2.75, 3.05) is 0 Å². The van der Waals surface area contributed by atoms with Gasteiger partial charge in [0.15, 0.2) is 0 Å². The van der Waals surface area contributed by atoms with Gasteiger partial charge in [0.1, 0.15) is 5.82 Å². The fourth-order valence-corrected chi connectivity index (χ4v) is 1.49. The van der Waals surface area contributed by atoms with Gasteiger partial charge in [0.05, 0.1) is 36.0 Å².